The van der Waals surface area contributed by atoms with Crippen LogP contribution in [0.3, 0.4) is 0 Å². The van der Waals surface area contributed by atoms with Crippen molar-refractivity contribution < 1.29 is 24.2 Å². The molecule has 0 bridgehead atoms. The number of Topliss-reactive ketones (excluding diaryl/α,β-unsaturated/α-hetero) is 1. The van der Waals surface area contributed by atoms with Crippen molar-refractivity contribution in [2.24, 2.45) is 0 Å². The molecule has 7 nitrogen and oxygen atoms in total. The first-order valence-electron chi connectivity index (χ1n) is 10.8. The molecule has 3 aromatic rings. The number of hydrogen-bond acceptors (Lipinski definition) is 6. The van der Waals surface area contributed by atoms with Crippen LogP contribution in [0.15, 0.2) is 78.4 Å². The number of amides is 1. The second-order valence-corrected chi connectivity index (χ2v) is 8.64. The summed E-state index contributed by atoms with van der Waals surface area (Å²) in [6, 6.07) is 19.0. The Labute approximate surface area is 207 Å². The van der Waals surface area contributed by atoms with Crippen LogP contribution in [0, 0.1) is 0 Å². The lowest BCUT2D eigenvalue weighted by Gasteiger charge is -2.26. The Balaban J connectivity index is 1.88. The van der Waals surface area contributed by atoms with Gasteiger partial charge >= 0.3 is 5.97 Å². The minimum Gasteiger partial charge on any atom is -0.507 e. The number of aliphatic hydroxyl groups excluding tert-OH is 1. The van der Waals surface area contributed by atoms with Gasteiger partial charge in [0.2, 0.25) is 0 Å². The molecular weight excluding hydrogens is 468 g/mol. The molecule has 8 heteroatoms. The first-order chi connectivity index (χ1) is 16.7. The number of ether oxygens (including phenoxy) is 1. The maximum Gasteiger partial charge on any atom is 0.337 e. The van der Waals surface area contributed by atoms with E-state index in [9.17, 15) is 19.5 Å². The van der Waals surface area contributed by atoms with Crippen LogP contribution in [0.2, 0.25) is 5.02 Å². The van der Waals surface area contributed by atoms with Gasteiger partial charge < -0.3 is 14.7 Å². The fraction of sp³-hybridized carbons (Fsp3) is 0.148. The van der Waals surface area contributed by atoms with Crippen LogP contribution in [0.25, 0.3) is 5.76 Å². The molecule has 1 N–H and O–H groups in total. The Kier molecular flexibility index (Phi) is 6.62. The molecule has 1 saturated heterocycles. The Morgan fingerprint density at radius 1 is 0.914 bits per heavy atom. The summed E-state index contributed by atoms with van der Waals surface area (Å²) in [4.78, 5) is 41.6. The fourth-order valence-corrected chi connectivity index (χ4v) is 4.13. The minimum atomic E-state index is -0.883. The van der Waals surface area contributed by atoms with Crippen LogP contribution in [-0.2, 0) is 14.3 Å². The minimum absolute atomic E-state index is 0.0352. The number of carbonyl (C=O) groups is 3. The number of benzene rings is 3. The van der Waals surface area contributed by atoms with Crippen molar-refractivity contribution in [3.05, 3.63) is 100 Å². The van der Waals surface area contributed by atoms with Crippen LogP contribution in [0.4, 0.5) is 11.4 Å². The number of anilines is 2. The van der Waals surface area contributed by atoms with Crippen molar-refractivity contribution in [2.45, 2.75) is 6.04 Å². The third-order valence-electron chi connectivity index (χ3n) is 5.85. The smallest absolute Gasteiger partial charge is 0.337 e. The average molecular weight is 491 g/mol. The first-order valence-corrected chi connectivity index (χ1v) is 11.1. The van der Waals surface area contributed by atoms with Gasteiger partial charge in [-0.15, -0.1) is 0 Å². The molecule has 1 amide bonds. The van der Waals surface area contributed by atoms with Crippen LogP contribution in [0.1, 0.15) is 27.5 Å². The zero-order chi connectivity index (χ0) is 25.3. The molecule has 0 aromatic heterocycles. The number of rotatable bonds is 5. The summed E-state index contributed by atoms with van der Waals surface area (Å²) in [7, 11) is 5.10. The number of hydrogen-bond donors (Lipinski definition) is 1. The van der Waals surface area contributed by atoms with Crippen molar-refractivity contribution >= 4 is 46.4 Å². The van der Waals surface area contributed by atoms with Crippen LogP contribution in [0.5, 0.6) is 0 Å². The van der Waals surface area contributed by atoms with Gasteiger partial charge in [-0.25, -0.2) is 4.79 Å². The van der Waals surface area contributed by atoms with Gasteiger partial charge in [-0.2, -0.15) is 0 Å². The number of esters is 1. The molecule has 1 atom stereocenters. The normalized spacial score (nSPS) is 16.9. The van der Waals surface area contributed by atoms with E-state index in [0.717, 1.165) is 5.69 Å². The van der Waals surface area contributed by atoms with E-state index < -0.39 is 23.7 Å². The van der Waals surface area contributed by atoms with Crippen molar-refractivity contribution in [2.75, 3.05) is 31.0 Å². The molecule has 1 aliphatic heterocycles. The highest BCUT2D eigenvalue weighted by atomic mass is 35.5. The first kappa shape index (κ1) is 24.0. The van der Waals surface area contributed by atoms with E-state index in [4.69, 9.17) is 16.3 Å². The molecule has 1 heterocycles. The lowest BCUT2D eigenvalue weighted by molar-refractivity contribution is -0.132. The SMILES string of the molecule is COC(=O)c1ccc(N2C(=O)C(=O)/C(=C(/O)c3ccc(Cl)cc3)C2c2ccc(N(C)C)cc2)cc1. The predicted molar refractivity (Wildman–Crippen MR) is 135 cm³/mol. The van der Waals surface area contributed by atoms with E-state index in [-0.39, 0.29) is 11.3 Å². The summed E-state index contributed by atoms with van der Waals surface area (Å²) in [5.41, 5.74) is 2.61. The fourth-order valence-electron chi connectivity index (χ4n) is 4.01. The van der Waals surface area contributed by atoms with Gasteiger partial charge in [0.15, 0.2) is 0 Å². The summed E-state index contributed by atoms with van der Waals surface area (Å²) in [6.45, 7) is 0. The highest BCUT2D eigenvalue weighted by Crippen LogP contribution is 2.42. The van der Waals surface area contributed by atoms with Crippen molar-refractivity contribution in [1.82, 2.24) is 0 Å². The summed E-state index contributed by atoms with van der Waals surface area (Å²) >= 11 is 5.98. The number of methoxy groups -OCH3 is 1. The van der Waals surface area contributed by atoms with E-state index in [0.29, 0.717) is 27.4 Å². The van der Waals surface area contributed by atoms with Gasteiger partial charge in [0, 0.05) is 36.1 Å². The largest absolute Gasteiger partial charge is 0.507 e. The maximum atomic E-state index is 13.3. The quantitative estimate of drug-likeness (QED) is 0.239. The molecule has 1 aliphatic rings. The van der Waals surface area contributed by atoms with Crippen molar-refractivity contribution in [3.63, 3.8) is 0 Å². The molecule has 35 heavy (non-hydrogen) atoms. The molecule has 0 spiro atoms. The monoisotopic (exact) mass is 490 g/mol. The molecular formula is C27H23ClN2O5. The summed E-state index contributed by atoms with van der Waals surface area (Å²) in [5.74, 6) is -2.41. The summed E-state index contributed by atoms with van der Waals surface area (Å²) < 4.78 is 4.74. The van der Waals surface area contributed by atoms with Gasteiger partial charge in [-0.1, -0.05) is 23.7 Å². The van der Waals surface area contributed by atoms with Gasteiger partial charge in [-0.3, -0.25) is 14.5 Å². The van der Waals surface area contributed by atoms with Gasteiger partial charge in [-0.05, 0) is 66.2 Å². The lowest BCUT2D eigenvalue weighted by atomic mass is 9.95. The predicted octanol–water partition coefficient (Wildman–Crippen LogP) is 4.82. The van der Waals surface area contributed by atoms with E-state index in [1.165, 1.54) is 24.1 Å². The molecule has 0 saturated carbocycles. The van der Waals surface area contributed by atoms with Crippen molar-refractivity contribution in [3.8, 4) is 0 Å². The Morgan fingerprint density at radius 2 is 1.49 bits per heavy atom. The molecule has 178 valence electrons. The second-order valence-electron chi connectivity index (χ2n) is 8.20. The summed E-state index contributed by atoms with van der Waals surface area (Å²) in [6.07, 6.45) is 0. The molecule has 4 rings (SSSR count). The number of aliphatic hydroxyl groups is 1. The molecule has 1 fully saturated rings. The average Bonchev–Trinajstić information content (AvgIpc) is 3.14. The lowest BCUT2D eigenvalue weighted by Crippen LogP contribution is -2.29. The highest BCUT2D eigenvalue weighted by molar-refractivity contribution is 6.51. The molecule has 1 unspecified atom stereocenters. The zero-order valence-electron chi connectivity index (χ0n) is 19.4. The maximum absolute atomic E-state index is 13.3. The standard InChI is InChI=1S/C27H23ClN2O5/c1-29(2)20-12-6-16(7-13-20)23-22(24(31)17-4-10-19(28)11-5-17)25(32)26(33)30(23)21-14-8-18(9-15-21)27(34)35-3/h4-15,23,31H,1-3H3/b24-22+. The van der Waals surface area contributed by atoms with Gasteiger partial charge in [0.05, 0.1) is 24.3 Å². The van der Waals surface area contributed by atoms with E-state index in [1.807, 2.05) is 43.3 Å². The Hall–Kier alpha value is -4.10. The van der Waals surface area contributed by atoms with Crippen LogP contribution in [-0.4, -0.2) is 44.0 Å². The number of carbonyl (C=O) groups excluding carboxylic acids is 3. The Morgan fingerprint density at radius 3 is 2.03 bits per heavy atom. The number of nitrogens with zero attached hydrogens (tertiary/aromatic N) is 2. The zero-order valence-corrected chi connectivity index (χ0v) is 20.1. The van der Waals surface area contributed by atoms with Crippen LogP contribution < -0.4 is 9.80 Å². The number of ketones is 1. The molecule has 0 aliphatic carbocycles. The third kappa shape index (κ3) is 4.50. The van der Waals surface area contributed by atoms with E-state index >= 15 is 0 Å². The summed E-state index contributed by atoms with van der Waals surface area (Å²) in [5, 5.41) is 11.6. The second kappa shape index (κ2) is 9.64. The third-order valence-corrected chi connectivity index (χ3v) is 6.11. The van der Waals surface area contributed by atoms with Gasteiger partial charge in [0.1, 0.15) is 5.76 Å². The van der Waals surface area contributed by atoms with Gasteiger partial charge in [0.25, 0.3) is 11.7 Å². The number of halogens is 1. The highest BCUT2D eigenvalue weighted by Gasteiger charge is 2.47. The van der Waals surface area contributed by atoms with Crippen LogP contribution >= 0.6 is 11.6 Å². The topological polar surface area (TPSA) is 87.1 Å². The van der Waals surface area contributed by atoms with E-state index in [1.54, 1.807) is 36.4 Å². The molecule has 0 radical (unpaired) electrons. The van der Waals surface area contributed by atoms with Crippen molar-refractivity contribution in [1.29, 1.82) is 0 Å². The van der Waals surface area contributed by atoms with E-state index in [2.05, 4.69) is 0 Å². The Bertz CT molecular complexity index is 1310. The molecule has 3 aromatic carbocycles.